The van der Waals surface area contributed by atoms with Crippen molar-refractivity contribution in [2.24, 2.45) is 0 Å². The largest absolute Gasteiger partial charge is 0.495 e. The van der Waals surface area contributed by atoms with E-state index in [2.05, 4.69) is 5.32 Å². The van der Waals surface area contributed by atoms with Gasteiger partial charge >= 0.3 is 0 Å². The Morgan fingerprint density at radius 3 is 2.33 bits per heavy atom. The number of benzene rings is 2. The molecule has 0 saturated carbocycles. The summed E-state index contributed by atoms with van der Waals surface area (Å²) in [7, 11) is 1.58. The summed E-state index contributed by atoms with van der Waals surface area (Å²) in [6.45, 7) is 4.83. The van der Waals surface area contributed by atoms with Crippen LogP contribution in [0.1, 0.15) is 18.9 Å². The van der Waals surface area contributed by atoms with Crippen LogP contribution in [0.3, 0.4) is 0 Å². The maximum Gasteiger partial charge on any atom is 0.227 e. The highest BCUT2D eigenvalue weighted by Gasteiger charge is 2.08. The fourth-order valence-electron chi connectivity index (χ4n) is 2.19. The lowest BCUT2D eigenvalue weighted by Gasteiger charge is -2.11. The summed E-state index contributed by atoms with van der Waals surface area (Å²) in [5, 5.41) is 2.85. The van der Waals surface area contributed by atoms with E-state index in [9.17, 15) is 4.79 Å². The van der Waals surface area contributed by atoms with Gasteiger partial charge < -0.3 is 19.5 Å². The normalized spacial score (nSPS) is 10.1. The van der Waals surface area contributed by atoms with Gasteiger partial charge in [-0.2, -0.15) is 0 Å². The maximum atomic E-state index is 12.1. The first kappa shape index (κ1) is 17.7. The van der Waals surface area contributed by atoms with Gasteiger partial charge in [-0.1, -0.05) is 6.07 Å². The van der Waals surface area contributed by atoms with E-state index in [1.807, 2.05) is 56.3 Å². The predicted octanol–water partition coefficient (Wildman–Crippen LogP) is 3.81. The average molecular weight is 329 g/mol. The van der Waals surface area contributed by atoms with Crippen molar-refractivity contribution in [3.05, 3.63) is 48.0 Å². The number of hydrogen-bond acceptors (Lipinski definition) is 4. The molecule has 2 rings (SSSR count). The van der Waals surface area contributed by atoms with Gasteiger partial charge in [-0.15, -0.1) is 0 Å². The van der Waals surface area contributed by atoms with Crippen molar-refractivity contribution >= 4 is 11.6 Å². The predicted molar refractivity (Wildman–Crippen MR) is 94.1 cm³/mol. The number of rotatable bonds is 8. The Balaban J connectivity index is 1.82. The van der Waals surface area contributed by atoms with E-state index in [0.29, 0.717) is 30.4 Å². The lowest BCUT2D eigenvalue weighted by molar-refractivity contribution is -0.116. The number of amides is 1. The summed E-state index contributed by atoms with van der Waals surface area (Å²) in [4.78, 5) is 12.1. The summed E-state index contributed by atoms with van der Waals surface area (Å²) < 4.78 is 16.2. The second-order valence-electron chi connectivity index (χ2n) is 5.25. The van der Waals surface area contributed by atoms with Crippen molar-refractivity contribution in [3.63, 3.8) is 0 Å². The molecule has 0 aromatic heterocycles. The van der Waals surface area contributed by atoms with Crippen LogP contribution >= 0.6 is 0 Å². The molecule has 0 spiro atoms. The summed E-state index contributed by atoms with van der Waals surface area (Å²) in [6.07, 6.45) is 0.254. The van der Waals surface area contributed by atoms with Crippen LogP contribution < -0.4 is 19.5 Å². The van der Waals surface area contributed by atoms with Gasteiger partial charge in [-0.3, -0.25) is 4.79 Å². The van der Waals surface area contributed by atoms with Crippen LogP contribution in [0.4, 0.5) is 5.69 Å². The van der Waals surface area contributed by atoms with Crippen molar-refractivity contribution in [3.8, 4) is 17.2 Å². The second kappa shape index (κ2) is 8.82. The van der Waals surface area contributed by atoms with Gasteiger partial charge in [-0.05, 0) is 55.8 Å². The molecule has 1 amide bonds. The monoisotopic (exact) mass is 329 g/mol. The molecule has 0 aliphatic heterocycles. The third kappa shape index (κ3) is 5.19. The summed E-state index contributed by atoms with van der Waals surface area (Å²) >= 11 is 0. The number of methoxy groups -OCH3 is 1. The van der Waals surface area contributed by atoms with Gasteiger partial charge in [0.15, 0.2) is 0 Å². The summed E-state index contributed by atoms with van der Waals surface area (Å²) in [5.74, 6) is 2.03. The number of anilines is 1. The van der Waals surface area contributed by atoms with Crippen molar-refractivity contribution in [1.29, 1.82) is 0 Å². The lowest BCUT2D eigenvalue weighted by Crippen LogP contribution is -2.15. The number of hydrogen-bond donors (Lipinski definition) is 1. The molecule has 128 valence electrons. The molecular weight excluding hydrogens is 306 g/mol. The Hall–Kier alpha value is -2.69. The van der Waals surface area contributed by atoms with E-state index in [-0.39, 0.29) is 12.3 Å². The van der Waals surface area contributed by atoms with Crippen molar-refractivity contribution in [2.45, 2.75) is 20.3 Å². The molecule has 0 bridgehead atoms. The van der Waals surface area contributed by atoms with E-state index in [1.165, 1.54) is 0 Å². The van der Waals surface area contributed by atoms with E-state index in [0.717, 1.165) is 11.3 Å². The molecule has 0 radical (unpaired) electrons. The first-order valence-electron chi connectivity index (χ1n) is 7.92. The molecule has 2 aromatic rings. The third-order valence-corrected chi connectivity index (χ3v) is 3.36. The highest BCUT2D eigenvalue weighted by atomic mass is 16.5. The fourth-order valence-corrected chi connectivity index (χ4v) is 2.19. The Kier molecular flexibility index (Phi) is 6.49. The second-order valence-corrected chi connectivity index (χ2v) is 5.25. The van der Waals surface area contributed by atoms with Crippen LogP contribution in [-0.2, 0) is 4.79 Å². The average Bonchev–Trinajstić information content (AvgIpc) is 2.57. The molecule has 1 N–H and O–H groups in total. The molecular formula is C19H23NO4. The zero-order valence-corrected chi connectivity index (χ0v) is 14.3. The topological polar surface area (TPSA) is 56.8 Å². The molecule has 0 aliphatic rings. The van der Waals surface area contributed by atoms with Crippen LogP contribution in [0.5, 0.6) is 17.2 Å². The number of carbonyl (C=O) groups excluding carboxylic acids is 1. The van der Waals surface area contributed by atoms with Crippen LogP contribution in [0, 0.1) is 6.92 Å². The van der Waals surface area contributed by atoms with E-state index in [4.69, 9.17) is 14.2 Å². The Morgan fingerprint density at radius 2 is 1.71 bits per heavy atom. The Bertz CT molecular complexity index is 668. The lowest BCUT2D eigenvalue weighted by atomic mass is 10.2. The van der Waals surface area contributed by atoms with Gasteiger partial charge in [0.05, 0.1) is 32.4 Å². The molecule has 0 saturated heterocycles. The first-order valence-corrected chi connectivity index (χ1v) is 7.92. The van der Waals surface area contributed by atoms with E-state index in [1.54, 1.807) is 7.11 Å². The molecule has 0 heterocycles. The number of nitrogens with one attached hydrogen (secondary N) is 1. The van der Waals surface area contributed by atoms with Gasteiger partial charge in [-0.25, -0.2) is 0 Å². The van der Waals surface area contributed by atoms with Gasteiger partial charge in [0.25, 0.3) is 0 Å². The molecule has 0 unspecified atom stereocenters. The molecule has 24 heavy (non-hydrogen) atoms. The van der Waals surface area contributed by atoms with Crippen LogP contribution in [0.25, 0.3) is 0 Å². The first-order chi connectivity index (χ1) is 11.6. The van der Waals surface area contributed by atoms with Gasteiger partial charge in [0.2, 0.25) is 5.91 Å². The number of aryl methyl sites for hydroxylation is 1. The molecule has 0 aliphatic carbocycles. The van der Waals surface area contributed by atoms with Crippen LogP contribution in [0.2, 0.25) is 0 Å². The Labute approximate surface area is 142 Å². The molecule has 0 fully saturated rings. The van der Waals surface area contributed by atoms with Crippen molar-refractivity contribution in [2.75, 3.05) is 25.6 Å². The quantitative estimate of drug-likeness (QED) is 0.800. The third-order valence-electron chi connectivity index (χ3n) is 3.36. The highest BCUT2D eigenvalue weighted by Crippen LogP contribution is 2.25. The van der Waals surface area contributed by atoms with Crippen LogP contribution in [0.15, 0.2) is 42.5 Å². The summed E-state index contributed by atoms with van der Waals surface area (Å²) in [5.41, 5.74) is 1.72. The van der Waals surface area contributed by atoms with Crippen molar-refractivity contribution < 1.29 is 19.0 Å². The standard InChI is InChI=1S/C19H23NO4/c1-4-23-15-6-8-16(9-7-15)24-12-11-19(21)20-17-13-14(2)5-10-18(17)22-3/h5-10,13H,4,11-12H2,1-3H3,(H,20,21). The minimum atomic E-state index is -0.121. The highest BCUT2D eigenvalue weighted by molar-refractivity contribution is 5.92. The van der Waals surface area contributed by atoms with E-state index >= 15 is 0 Å². The van der Waals surface area contributed by atoms with Crippen molar-refractivity contribution in [1.82, 2.24) is 0 Å². The van der Waals surface area contributed by atoms with Gasteiger partial charge in [0.1, 0.15) is 17.2 Å². The zero-order chi connectivity index (χ0) is 17.4. The Morgan fingerprint density at radius 1 is 1.04 bits per heavy atom. The zero-order valence-electron chi connectivity index (χ0n) is 14.3. The number of carbonyl (C=O) groups is 1. The van der Waals surface area contributed by atoms with E-state index < -0.39 is 0 Å². The fraction of sp³-hybridized carbons (Fsp3) is 0.316. The van der Waals surface area contributed by atoms with Crippen LogP contribution in [-0.4, -0.2) is 26.2 Å². The smallest absolute Gasteiger partial charge is 0.227 e. The molecule has 2 aromatic carbocycles. The number of ether oxygens (including phenoxy) is 3. The minimum absolute atomic E-state index is 0.121. The molecule has 5 heteroatoms. The maximum absolute atomic E-state index is 12.1. The van der Waals surface area contributed by atoms with Gasteiger partial charge in [0, 0.05) is 0 Å². The molecule has 0 atom stereocenters. The minimum Gasteiger partial charge on any atom is -0.495 e. The molecule has 5 nitrogen and oxygen atoms in total. The SMILES string of the molecule is CCOc1ccc(OCCC(=O)Nc2cc(C)ccc2OC)cc1. The summed E-state index contributed by atoms with van der Waals surface area (Å²) in [6, 6.07) is 13.0.